The lowest BCUT2D eigenvalue weighted by atomic mass is 10.1. The molecular formula is C20H24F2N2O4S. The number of rotatable bonds is 8. The number of amides is 1. The molecule has 1 atom stereocenters. The van der Waals surface area contributed by atoms with Gasteiger partial charge in [-0.1, -0.05) is 12.1 Å². The molecule has 0 aliphatic heterocycles. The number of carbonyl (C=O) groups excluding carboxylic acids is 1. The predicted molar refractivity (Wildman–Crippen MR) is 108 cm³/mol. The summed E-state index contributed by atoms with van der Waals surface area (Å²) in [5, 5.41) is 2.60. The maximum absolute atomic E-state index is 13.5. The van der Waals surface area contributed by atoms with Crippen LogP contribution in [0.15, 0.2) is 36.4 Å². The molecular weight excluding hydrogens is 402 g/mol. The number of nitrogens with one attached hydrogen (secondary N) is 1. The van der Waals surface area contributed by atoms with Gasteiger partial charge in [-0.3, -0.25) is 9.10 Å². The Bertz CT molecular complexity index is 996. The van der Waals surface area contributed by atoms with Crippen LogP contribution in [0, 0.1) is 25.5 Å². The lowest BCUT2D eigenvalue weighted by molar-refractivity contribution is -0.121. The van der Waals surface area contributed by atoms with Gasteiger partial charge in [-0.2, -0.15) is 0 Å². The molecule has 0 radical (unpaired) electrons. The molecule has 0 spiro atoms. The van der Waals surface area contributed by atoms with Crippen LogP contribution in [-0.2, 0) is 14.8 Å². The Balaban J connectivity index is 2.03. The number of anilines is 1. The highest BCUT2D eigenvalue weighted by Crippen LogP contribution is 2.23. The maximum atomic E-state index is 13.5. The van der Waals surface area contributed by atoms with Crippen LogP contribution in [0.2, 0.25) is 0 Å². The van der Waals surface area contributed by atoms with Crippen molar-refractivity contribution < 1.29 is 26.7 Å². The third kappa shape index (κ3) is 5.66. The summed E-state index contributed by atoms with van der Waals surface area (Å²) < 4.78 is 57.5. The molecule has 158 valence electrons. The fraction of sp³-hybridized carbons (Fsp3) is 0.350. The van der Waals surface area contributed by atoms with Crippen molar-refractivity contribution in [3.63, 3.8) is 0 Å². The van der Waals surface area contributed by atoms with Gasteiger partial charge in [-0.05, 0) is 50.1 Å². The molecule has 1 N–H and O–H groups in total. The summed E-state index contributed by atoms with van der Waals surface area (Å²) in [6.45, 7) is 5.59. The number of carbonyl (C=O) groups is 1. The molecule has 0 aliphatic rings. The second-order valence-corrected chi connectivity index (χ2v) is 8.53. The highest BCUT2D eigenvalue weighted by Gasteiger charge is 2.29. The van der Waals surface area contributed by atoms with E-state index in [4.69, 9.17) is 4.74 Å². The fourth-order valence-electron chi connectivity index (χ4n) is 2.79. The standard InChI is InChI=1S/C20H24F2N2O4S/c1-13-6-5-7-19(14(13)2)28-11-10-23-20(25)15(3)24(29(4,26)27)16-8-9-17(21)18(22)12-16/h5-9,12,15H,10-11H2,1-4H3,(H,23,25). The summed E-state index contributed by atoms with van der Waals surface area (Å²) in [5.41, 5.74) is 1.94. The van der Waals surface area contributed by atoms with E-state index in [-0.39, 0.29) is 18.8 Å². The van der Waals surface area contributed by atoms with Gasteiger partial charge in [-0.15, -0.1) is 0 Å². The highest BCUT2D eigenvalue weighted by atomic mass is 32.2. The summed E-state index contributed by atoms with van der Waals surface area (Å²) in [4.78, 5) is 12.4. The molecule has 2 rings (SSSR count). The minimum atomic E-state index is -3.92. The lowest BCUT2D eigenvalue weighted by Gasteiger charge is -2.28. The molecule has 1 amide bonds. The van der Waals surface area contributed by atoms with Crippen molar-refractivity contribution in [2.45, 2.75) is 26.8 Å². The molecule has 0 aromatic heterocycles. The Labute approximate surface area is 169 Å². The zero-order valence-corrected chi connectivity index (χ0v) is 17.5. The average Bonchev–Trinajstić information content (AvgIpc) is 2.63. The predicted octanol–water partition coefficient (Wildman–Crippen LogP) is 2.93. The number of hydrogen-bond donors (Lipinski definition) is 1. The average molecular weight is 426 g/mol. The molecule has 0 fully saturated rings. The molecule has 2 aromatic rings. The molecule has 6 nitrogen and oxygen atoms in total. The quantitative estimate of drug-likeness (QED) is 0.659. The van der Waals surface area contributed by atoms with E-state index in [9.17, 15) is 22.0 Å². The van der Waals surface area contributed by atoms with Crippen molar-refractivity contribution in [3.05, 3.63) is 59.2 Å². The highest BCUT2D eigenvalue weighted by molar-refractivity contribution is 7.92. The fourth-order valence-corrected chi connectivity index (χ4v) is 3.96. The molecule has 0 aliphatic carbocycles. The maximum Gasteiger partial charge on any atom is 0.243 e. The van der Waals surface area contributed by atoms with E-state index < -0.39 is 33.6 Å². The number of halogens is 2. The second kappa shape index (κ2) is 9.21. The normalized spacial score (nSPS) is 12.3. The van der Waals surface area contributed by atoms with Crippen LogP contribution in [0.3, 0.4) is 0 Å². The van der Waals surface area contributed by atoms with Crippen molar-refractivity contribution in [1.82, 2.24) is 5.32 Å². The minimum absolute atomic E-state index is 0.138. The first-order valence-corrected chi connectivity index (χ1v) is 10.8. The van der Waals surface area contributed by atoms with Crippen molar-refractivity contribution in [3.8, 4) is 5.75 Å². The van der Waals surface area contributed by atoms with Gasteiger partial charge in [0.15, 0.2) is 11.6 Å². The Hall–Kier alpha value is -2.68. The van der Waals surface area contributed by atoms with E-state index in [1.165, 1.54) is 6.92 Å². The van der Waals surface area contributed by atoms with E-state index in [1.807, 2.05) is 32.0 Å². The zero-order valence-electron chi connectivity index (χ0n) is 16.7. The Morgan fingerprint density at radius 3 is 2.48 bits per heavy atom. The number of nitrogens with zero attached hydrogens (tertiary/aromatic N) is 1. The third-order valence-electron chi connectivity index (χ3n) is 4.46. The molecule has 9 heteroatoms. The number of aryl methyl sites for hydroxylation is 1. The van der Waals surface area contributed by atoms with E-state index >= 15 is 0 Å². The number of ether oxygens (including phenoxy) is 1. The summed E-state index contributed by atoms with van der Waals surface area (Å²) >= 11 is 0. The van der Waals surface area contributed by atoms with Gasteiger partial charge in [0.2, 0.25) is 15.9 Å². The Morgan fingerprint density at radius 1 is 1.17 bits per heavy atom. The van der Waals surface area contributed by atoms with Gasteiger partial charge in [0, 0.05) is 6.07 Å². The van der Waals surface area contributed by atoms with Gasteiger partial charge in [0.05, 0.1) is 18.5 Å². The van der Waals surface area contributed by atoms with Crippen LogP contribution < -0.4 is 14.4 Å². The molecule has 0 saturated carbocycles. The first kappa shape index (κ1) is 22.6. The summed E-state index contributed by atoms with van der Waals surface area (Å²) in [6.07, 6.45) is 0.891. The second-order valence-electron chi connectivity index (χ2n) is 6.67. The molecule has 2 aromatic carbocycles. The first-order chi connectivity index (χ1) is 13.5. The van der Waals surface area contributed by atoms with Crippen LogP contribution in [0.1, 0.15) is 18.1 Å². The van der Waals surface area contributed by atoms with Crippen LogP contribution in [-0.4, -0.2) is 39.8 Å². The molecule has 29 heavy (non-hydrogen) atoms. The van der Waals surface area contributed by atoms with Crippen molar-refractivity contribution in [2.75, 3.05) is 23.7 Å². The molecule has 0 heterocycles. The SMILES string of the molecule is Cc1cccc(OCCNC(=O)C(C)N(c2ccc(F)c(F)c2)S(C)(=O)=O)c1C. The van der Waals surface area contributed by atoms with E-state index in [0.717, 1.165) is 39.9 Å². The van der Waals surface area contributed by atoms with Crippen molar-refractivity contribution in [1.29, 1.82) is 0 Å². The van der Waals surface area contributed by atoms with Crippen LogP contribution >= 0.6 is 0 Å². The van der Waals surface area contributed by atoms with Gasteiger partial charge in [-0.25, -0.2) is 17.2 Å². The number of benzene rings is 2. The van der Waals surface area contributed by atoms with Gasteiger partial charge in [0.1, 0.15) is 18.4 Å². The van der Waals surface area contributed by atoms with Crippen molar-refractivity contribution >= 4 is 21.6 Å². The number of sulfonamides is 1. The lowest BCUT2D eigenvalue weighted by Crippen LogP contribution is -2.48. The minimum Gasteiger partial charge on any atom is -0.491 e. The smallest absolute Gasteiger partial charge is 0.243 e. The molecule has 0 bridgehead atoms. The summed E-state index contributed by atoms with van der Waals surface area (Å²) in [6, 6.07) is 7.13. The first-order valence-electron chi connectivity index (χ1n) is 8.93. The number of hydrogen-bond acceptors (Lipinski definition) is 4. The summed E-state index contributed by atoms with van der Waals surface area (Å²) in [5.74, 6) is -2.20. The Kier molecular flexibility index (Phi) is 7.18. The van der Waals surface area contributed by atoms with Gasteiger partial charge < -0.3 is 10.1 Å². The van der Waals surface area contributed by atoms with E-state index in [2.05, 4.69) is 5.32 Å². The largest absolute Gasteiger partial charge is 0.491 e. The van der Waals surface area contributed by atoms with Crippen LogP contribution in [0.25, 0.3) is 0 Å². The van der Waals surface area contributed by atoms with E-state index in [1.54, 1.807) is 0 Å². The van der Waals surface area contributed by atoms with E-state index in [0.29, 0.717) is 5.75 Å². The molecule has 1 unspecified atom stereocenters. The van der Waals surface area contributed by atoms with Crippen LogP contribution in [0.5, 0.6) is 5.75 Å². The topological polar surface area (TPSA) is 75.7 Å². The third-order valence-corrected chi connectivity index (χ3v) is 5.70. The Morgan fingerprint density at radius 2 is 1.86 bits per heavy atom. The zero-order chi connectivity index (χ0) is 21.8. The van der Waals surface area contributed by atoms with Gasteiger partial charge in [0.25, 0.3) is 0 Å². The summed E-state index contributed by atoms with van der Waals surface area (Å²) in [7, 11) is -3.92. The molecule has 0 saturated heterocycles. The van der Waals surface area contributed by atoms with Gasteiger partial charge >= 0.3 is 0 Å². The van der Waals surface area contributed by atoms with Crippen LogP contribution in [0.4, 0.5) is 14.5 Å². The monoisotopic (exact) mass is 426 g/mol. The van der Waals surface area contributed by atoms with Crippen molar-refractivity contribution in [2.24, 2.45) is 0 Å².